The molecule has 0 aromatic heterocycles. The maximum Gasteiger partial charge on any atom is 0.293 e. The monoisotopic (exact) mass is 467 g/mol. The molecule has 1 fully saturated rings. The molecule has 1 aliphatic heterocycles. The summed E-state index contributed by atoms with van der Waals surface area (Å²) in [6.07, 6.45) is 1.49. The highest BCUT2D eigenvalue weighted by Crippen LogP contribution is 2.39. The number of hydrogen-bond acceptors (Lipinski definition) is 5. The van der Waals surface area contributed by atoms with Gasteiger partial charge < -0.3 is 9.84 Å². The number of aromatic hydroxyl groups is 1. The Balaban J connectivity index is 1.88. The number of carbonyl (C=O) groups excluding carboxylic acids is 2. The van der Waals surface area contributed by atoms with E-state index in [9.17, 15) is 14.7 Å². The smallest absolute Gasteiger partial charge is 0.293 e. The Hall–Kier alpha value is -1.96. The normalized spacial score (nSPS) is 15.7. The highest BCUT2D eigenvalue weighted by atomic mass is 79.9. The van der Waals surface area contributed by atoms with E-state index >= 15 is 0 Å². The Morgan fingerprint density at radius 1 is 1.30 bits per heavy atom. The summed E-state index contributed by atoms with van der Waals surface area (Å²) in [6, 6.07) is 10.3. The summed E-state index contributed by atoms with van der Waals surface area (Å²) < 4.78 is 6.08. The number of rotatable bonds is 5. The van der Waals surface area contributed by atoms with Crippen molar-refractivity contribution in [3.8, 4) is 11.5 Å². The van der Waals surface area contributed by atoms with Gasteiger partial charge in [0.2, 0.25) is 0 Å². The van der Waals surface area contributed by atoms with Crippen LogP contribution in [-0.4, -0.2) is 27.8 Å². The van der Waals surface area contributed by atoms with Crippen LogP contribution in [0.15, 0.2) is 45.8 Å². The zero-order chi connectivity index (χ0) is 19.6. The van der Waals surface area contributed by atoms with E-state index in [1.54, 1.807) is 43.3 Å². The molecule has 8 heteroatoms. The van der Waals surface area contributed by atoms with Gasteiger partial charge >= 0.3 is 0 Å². The lowest BCUT2D eigenvalue weighted by Gasteiger charge is -2.12. The highest BCUT2D eigenvalue weighted by Gasteiger charge is 2.35. The van der Waals surface area contributed by atoms with Gasteiger partial charge in [0, 0.05) is 15.1 Å². The first-order chi connectivity index (χ1) is 12.9. The van der Waals surface area contributed by atoms with Crippen molar-refractivity contribution >= 4 is 56.5 Å². The number of halogens is 2. The number of phenolic OH excluding ortho intramolecular Hbond substituents is 1. The fraction of sp³-hybridized carbons (Fsp3) is 0.158. The molecule has 1 aliphatic rings. The Morgan fingerprint density at radius 2 is 2.07 bits per heavy atom. The van der Waals surface area contributed by atoms with Crippen molar-refractivity contribution in [3.63, 3.8) is 0 Å². The fourth-order valence-electron chi connectivity index (χ4n) is 2.57. The van der Waals surface area contributed by atoms with E-state index in [1.807, 2.05) is 0 Å². The number of benzene rings is 2. The minimum Gasteiger partial charge on any atom is -0.504 e. The van der Waals surface area contributed by atoms with E-state index < -0.39 is 5.91 Å². The molecule has 0 unspecified atom stereocenters. The van der Waals surface area contributed by atoms with E-state index in [0.717, 1.165) is 22.2 Å². The number of ether oxygens (including phenoxy) is 1. The lowest BCUT2D eigenvalue weighted by atomic mass is 10.1. The summed E-state index contributed by atoms with van der Waals surface area (Å²) in [5, 5.41) is 10.5. The minimum absolute atomic E-state index is 0.0818. The van der Waals surface area contributed by atoms with Crippen molar-refractivity contribution in [1.82, 2.24) is 4.90 Å². The molecular weight excluding hydrogens is 454 g/mol. The molecule has 5 nitrogen and oxygen atoms in total. The second-order valence-electron chi connectivity index (χ2n) is 5.67. The number of hydrogen-bond donors (Lipinski definition) is 1. The summed E-state index contributed by atoms with van der Waals surface area (Å²) in [7, 11) is 0. The highest BCUT2D eigenvalue weighted by molar-refractivity contribution is 9.10. The largest absolute Gasteiger partial charge is 0.504 e. The predicted octanol–water partition coefficient (Wildman–Crippen LogP) is 5.44. The van der Waals surface area contributed by atoms with Gasteiger partial charge in [-0.1, -0.05) is 39.7 Å². The Kier molecular flexibility index (Phi) is 6.14. The Morgan fingerprint density at radius 3 is 2.78 bits per heavy atom. The molecule has 1 N–H and O–H groups in total. The molecule has 27 heavy (non-hydrogen) atoms. The molecule has 140 valence electrons. The van der Waals surface area contributed by atoms with Crippen molar-refractivity contribution < 1.29 is 19.4 Å². The number of carbonyl (C=O) groups is 2. The van der Waals surface area contributed by atoms with Crippen LogP contribution in [0.1, 0.15) is 18.1 Å². The van der Waals surface area contributed by atoms with Crippen LogP contribution in [0, 0.1) is 0 Å². The van der Waals surface area contributed by atoms with Gasteiger partial charge in [-0.3, -0.25) is 14.5 Å². The van der Waals surface area contributed by atoms with Crippen LogP contribution in [0.5, 0.6) is 11.5 Å². The summed E-state index contributed by atoms with van der Waals surface area (Å²) in [5.41, 5.74) is 1.15. The van der Waals surface area contributed by atoms with Crippen LogP contribution >= 0.6 is 39.3 Å². The maximum absolute atomic E-state index is 12.7. The molecule has 0 saturated carbocycles. The average Bonchev–Trinajstić information content (AvgIpc) is 2.87. The number of nitrogens with zero attached hydrogens (tertiary/aromatic N) is 1. The lowest BCUT2D eigenvalue weighted by Crippen LogP contribution is -2.27. The summed E-state index contributed by atoms with van der Waals surface area (Å²) in [4.78, 5) is 26.4. The first kappa shape index (κ1) is 19.8. The van der Waals surface area contributed by atoms with Crippen LogP contribution in [0.25, 0.3) is 6.08 Å². The second kappa shape index (κ2) is 8.37. The SMILES string of the molecule is CCOc1cc(Br)cc(/C=C2\SC(=O)N(Cc3cccc(Cl)c3)C2=O)c1O. The number of phenols is 1. The van der Waals surface area contributed by atoms with Gasteiger partial charge in [-0.05, 0) is 54.6 Å². The molecular formula is C19H15BrClNO4S. The van der Waals surface area contributed by atoms with Crippen LogP contribution in [-0.2, 0) is 11.3 Å². The van der Waals surface area contributed by atoms with Gasteiger partial charge in [0.05, 0.1) is 18.1 Å². The minimum atomic E-state index is -0.415. The summed E-state index contributed by atoms with van der Waals surface area (Å²) >= 11 is 10.1. The van der Waals surface area contributed by atoms with Crippen molar-refractivity contribution in [1.29, 1.82) is 0 Å². The number of thioether (sulfide) groups is 1. The van der Waals surface area contributed by atoms with Gasteiger partial charge in [0.25, 0.3) is 11.1 Å². The molecule has 3 rings (SSSR count). The summed E-state index contributed by atoms with van der Waals surface area (Å²) in [6.45, 7) is 2.33. The Labute approximate surface area is 174 Å². The van der Waals surface area contributed by atoms with Crippen LogP contribution < -0.4 is 4.74 Å². The first-order valence-electron chi connectivity index (χ1n) is 8.04. The standard InChI is InChI=1S/C19H15BrClNO4S/c1-2-26-15-9-13(20)7-12(17(15)23)8-16-18(24)22(19(25)27-16)10-11-4-3-5-14(21)6-11/h3-9,23H,2,10H2,1H3/b16-8-. The van der Waals surface area contributed by atoms with Gasteiger partial charge in [0.1, 0.15) is 0 Å². The zero-order valence-electron chi connectivity index (χ0n) is 14.2. The third-order valence-corrected chi connectivity index (χ3v) is 5.36. The summed E-state index contributed by atoms with van der Waals surface area (Å²) in [5.74, 6) is -0.194. The van der Waals surface area contributed by atoms with E-state index in [0.29, 0.717) is 27.4 Å². The third-order valence-electron chi connectivity index (χ3n) is 3.76. The number of imide groups is 1. The van der Waals surface area contributed by atoms with E-state index in [4.69, 9.17) is 16.3 Å². The molecule has 1 saturated heterocycles. The van der Waals surface area contributed by atoms with Crippen LogP contribution in [0.3, 0.4) is 0 Å². The molecule has 2 aromatic carbocycles. The van der Waals surface area contributed by atoms with Gasteiger partial charge in [-0.2, -0.15) is 0 Å². The van der Waals surface area contributed by atoms with E-state index in [-0.39, 0.29) is 22.4 Å². The van der Waals surface area contributed by atoms with E-state index in [2.05, 4.69) is 15.9 Å². The third kappa shape index (κ3) is 4.48. The van der Waals surface area contributed by atoms with Crippen molar-refractivity contribution in [2.45, 2.75) is 13.5 Å². The fourth-order valence-corrected chi connectivity index (χ4v) is 4.06. The molecule has 0 spiro atoms. The molecule has 2 amide bonds. The number of amides is 2. The molecule has 1 heterocycles. The molecule has 0 atom stereocenters. The second-order valence-corrected chi connectivity index (χ2v) is 8.02. The van der Waals surface area contributed by atoms with Crippen LogP contribution in [0.4, 0.5) is 4.79 Å². The van der Waals surface area contributed by atoms with E-state index in [1.165, 1.54) is 6.08 Å². The average molecular weight is 469 g/mol. The molecule has 2 aromatic rings. The predicted molar refractivity (Wildman–Crippen MR) is 110 cm³/mol. The van der Waals surface area contributed by atoms with Gasteiger partial charge in [0.15, 0.2) is 11.5 Å². The van der Waals surface area contributed by atoms with Crippen LogP contribution in [0.2, 0.25) is 5.02 Å². The van der Waals surface area contributed by atoms with Gasteiger partial charge in [-0.25, -0.2) is 0 Å². The van der Waals surface area contributed by atoms with Crippen molar-refractivity contribution in [2.24, 2.45) is 0 Å². The van der Waals surface area contributed by atoms with Crippen molar-refractivity contribution in [2.75, 3.05) is 6.61 Å². The zero-order valence-corrected chi connectivity index (χ0v) is 17.4. The topological polar surface area (TPSA) is 66.8 Å². The molecule has 0 radical (unpaired) electrons. The maximum atomic E-state index is 12.7. The molecule has 0 aliphatic carbocycles. The van der Waals surface area contributed by atoms with Gasteiger partial charge in [-0.15, -0.1) is 0 Å². The van der Waals surface area contributed by atoms with Crippen molar-refractivity contribution in [3.05, 3.63) is 61.9 Å². The first-order valence-corrected chi connectivity index (χ1v) is 10.0. The quantitative estimate of drug-likeness (QED) is 0.592. The lowest BCUT2D eigenvalue weighted by molar-refractivity contribution is -0.123. The Bertz CT molecular complexity index is 947. The molecule has 0 bridgehead atoms.